The number of hydrogen-bond donors (Lipinski definition) is 2. The fourth-order valence-corrected chi connectivity index (χ4v) is 2.67. The molecule has 1 aromatic carbocycles. The first-order valence-corrected chi connectivity index (χ1v) is 8.60. The standard InChI is InChI=1S/C18H28N4O/c1-3-10-20-18(19-4-2)21-13-15-7-5-8-16(12-15)14-22-11-6-9-17(22)23/h5,7-8,12H,3-4,6,9-11,13-14H2,1-2H3,(H2,19,20,21). The van der Waals surface area contributed by atoms with Crippen molar-refractivity contribution in [2.45, 2.75) is 46.2 Å². The third-order valence-electron chi connectivity index (χ3n) is 3.84. The zero-order valence-corrected chi connectivity index (χ0v) is 14.3. The molecule has 5 heteroatoms. The van der Waals surface area contributed by atoms with Crippen LogP contribution in [0.3, 0.4) is 0 Å². The van der Waals surface area contributed by atoms with Gasteiger partial charge in [0.2, 0.25) is 5.91 Å². The molecule has 1 saturated heterocycles. The highest BCUT2D eigenvalue weighted by Gasteiger charge is 2.19. The minimum absolute atomic E-state index is 0.270. The predicted octanol–water partition coefficient (Wildman–Crippen LogP) is 2.27. The van der Waals surface area contributed by atoms with Crippen molar-refractivity contribution in [2.75, 3.05) is 19.6 Å². The van der Waals surface area contributed by atoms with E-state index in [-0.39, 0.29) is 5.91 Å². The number of aliphatic imine (C=N–C) groups is 1. The molecule has 1 amide bonds. The Morgan fingerprint density at radius 1 is 1.26 bits per heavy atom. The summed E-state index contributed by atoms with van der Waals surface area (Å²) in [4.78, 5) is 18.3. The summed E-state index contributed by atoms with van der Waals surface area (Å²) in [6.07, 6.45) is 2.75. The van der Waals surface area contributed by atoms with Crippen molar-refractivity contribution in [3.05, 3.63) is 35.4 Å². The molecule has 1 aromatic rings. The van der Waals surface area contributed by atoms with Crippen LogP contribution in [-0.2, 0) is 17.9 Å². The van der Waals surface area contributed by atoms with Gasteiger partial charge in [-0.2, -0.15) is 0 Å². The van der Waals surface area contributed by atoms with Crippen LogP contribution in [-0.4, -0.2) is 36.4 Å². The summed E-state index contributed by atoms with van der Waals surface area (Å²) in [5, 5.41) is 6.56. The van der Waals surface area contributed by atoms with Crippen LogP contribution in [0.15, 0.2) is 29.3 Å². The first-order chi connectivity index (χ1) is 11.2. The molecular weight excluding hydrogens is 288 g/mol. The van der Waals surface area contributed by atoms with E-state index in [0.29, 0.717) is 19.5 Å². The summed E-state index contributed by atoms with van der Waals surface area (Å²) in [7, 11) is 0. The number of amides is 1. The molecule has 0 aliphatic carbocycles. The first kappa shape index (κ1) is 17.3. The Balaban J connectivity index is 1.96. The molecular formula is C18H28N4O. The van der Waals surface area contributed by atoms with Gasteiger partial charge in [0.05, 0.1) is 6.54 Å². The summed E-state index contributed by atoms with van der Waals surface area (Å²) in [5.41, 5.74) is 2.35. The van der Waals surface area contributed by atoms with E-state index in [1.165, 1.54) is 11.1 Å². The second-order valence-corrected chi connectivity index (χ2v) is 5.86. The number of guanidine groups is 1. The number of carbonyl (C=O) groups is 1. The SMILES string of the molecule is CCCNC(=NCc1cccc(CN2CCCC2=O)c1)NCC. The van der Waals surface area contributed by atoms with E-state index in [9.17, 15) is 4.79 Å². The Morgan fingerprint density at radius 3 is 2.78 bits per heavy atom. The number of hydrogen-bond acceptors (Lipinski definition) is 2. The fourth-order valence-electron chi connectivity index (χ4n) is 2.67. The second kappa shape index (κ2) is 9.18. The van der Waals surface area contributed by atoms with Gasteiger partial charge >= 0.3 is 0 Å². The highest BCUT2D eigenvalue weighted by atomic mass is 16.2. The monoisotopic (exact) mass is 316 g/mol. The molecule has 0 unspecified atom stereocenters. The van der Waals surface area contributed by atoms with Gasteiger partial charge in [-0.1, -0.05) is 31.2 Å². The maximum Gasteiger partial charge on any atom is 0.222 e. The number of likely N-dealkylation sites (tertiary alicyclic amines) is 1. The Morgan fingerprint density at radius 2 is 2.09 bits per heavy atom. The third kappa shape index (κ3) is 5.58. The highest BCUT2D eigenvalue weighted by molar-refractivity contribution is 5.79. The maximum atomic E-state index is 11.7. The lowest BCUT2D eigenvalue weighted by molar-refractivity contribution is -0.128. The first-order valence-electron chi connectivity index (χ1n) is 8.60. The smallest absolute Gasteiger partial charge is 0.222 e. The summed E-state index contributed by atoms with van der Waals surface area (Å²) in [6.45, 7) is 8.21. The lowest BCUT2D eigenvalue weighted by atomic mass is 10.1. The molecule has 0 radical (unpaired) electrons. The molecule has 0 spiro atoms. The van der Waals surface area contributed by atoms with Crippen molar-refractivity contribution >= 4 is 11.9 Å². The number of nitrogens with zero attached hydrogens (tertiary/aromatic N) is 2. The van der Waals surface area contributed by atoms with Gasteiger partial charge in [0.15, 0.2) is 5.96 Å². The van der Waals surface area contributed by atoms with Crippen molar-refractivity contribution in [3.8, 4) is 0 Å². The molecule has 0 saturated carbocycles. The largest absolute Gasteiger partial charge is 0.357 e. The molecule has 2 rings (SSSR count). The molecule has 0 bridgehead atoms. The van der Waals surface area contributed by atoms with E-state index >= 15 is 0 Å². The van der Waals surface area contributed by atoms with Gasteiger partial charge < -0.3 is 15.5 Å². The molecule has 1 fully saturated rings. The van der Waals surface area contributed by atoms with Crippen LogP contribution in [0.1, 0.15) is 44.2 Å². The van der Waals surface area contributed by atoms with Crippen LogP contribution in [0.5, 0.6) is 0 Å². The van der Waals surface area contributed by atoms with Crippen LogP contribution in [0.25, 0.3) is 0 Å². The zero-order chi connectivity index (χ0) is 16.5. The van der Waals surface area contributed by atoms with Crippen LogP contribution in [0.2, 0.25) is 0 Å². The average molecular weight is 316 g/mol. The van der Waals surface area contributed by atoms with Gasteiger partial charge in [-0.3, -0.25) is 4.79 Å². The average Bonchev–Trinajstić information content (AvgIpc) is 2.95. The zero-order valence-electron chi connectivity index (χ0n) is 14.3. The minimum atomic E-state index is 0.270. The molecule has 0 aromatic heterocycles. The molecule has 23 heavy (non-hydrogen) atoms. The van der Waals surface area contributed by atoms with E-state index < -0.39 is 0 Å². The molecule has 126 valence electrons. The van der Waals surface area contributed by atoms with Gasteiger partial charge in [0, 0.05) is 32.6 Å². The summed E-state index contributed by atoms with van der Waals surface area (Å²) in [5.74, 6) is 1.13. The molecule has 0 atom stereocenters. The van der Waals surface area contributed by atoms with E-state index in [2.05, 4.69) is 47.7 Å². The van der Waals surface area contributed by atoms with Crippen molar-refractivity contribution < 1.29 is 4.79 Å². The van der Waals surface area contributed by atoms with Gasteiger partial charge in [0.1, 0.15) is 0 Å². The number of carbonyl (C=O) groups excluding carboxylic acids is 1. The van der Waals surface area contributed by atoms with E-state index in [1.54, 1.807) is 0 Å². The lowest BCUT2D eigenvalue weighted by Crippen LogP contribution is -2.37. The molecule has 1 aliphatic heterocycles. The van der Waals surface area contributed by atoms with Crippen molar-refractivity contribution in [1.29, 1.82) is 0 Å². The molecule has 1 heterocycles. The topological polar surface area (TPSA) is 56.7 Å². The van der Waals surface area contributed by atoms with Crippen molar-refractivity contribution in [1.82, 2.24) is 15.5 Å². The quantitative estimate of drug-likeness (QED) is 0.599. The third-order valence-corrected chi connectivity index (χ3v) is 3.84. The van der Waals surface area contributed by atoms with Crippen LogP contribution in [0, 0.1) is 0 Å². The van der Waals surface area contributed by atoms with Crippen LogP contribution in [0.4, 0.5) is 0 Å². The minimum Gasteiger partial charge on any atom is -0.357 e. The fraction of sp³-hybridized carbons (Fsp3) is 0.556. The van der Waals surface area contributed by atoms with Crippen LogP contribution < -0.4 is 10.6 Å². The summed E-state index contributed by atoms with van der Waals surface area (Å²) < 4.78 is 0. The normalized spacial score (nSPS) is 15.1. The highest BCUT2D eigenvalue weighted by Crippen LogP contribution is 2.15. The second-order valence-electron chi connectivity index (χ2n) is 5.86. The molecule has 1 aliphatic rings. The Hall–Kier alpha value is -2.04. The Bertz CT molecular complexity index is 542. The van der Waals surface area contributed by atoms with Gasteiger partial charge in [0.25, 0.3) is 0 Å². The van der Waals surface area contributed by atoms with Crippen molar-refractivity contribution in [3.63, 3.8) is 0 Å². The predicted molar refractivity (Wildman–Crippen MR) is 94.2 cm³/mol. The maximum absolute atomic E-state index is 11.7. The number of benzene rings is 1. The van der Waals surface area contributed by atoms with Gasteiger partial charge in [-0.05, 0) is 30.9 Å². The summed E-state index contributed by atoms with van der Waals surface area (Å²) in [6, 6.07) is 8.37. The molecule has 2 N–H and O–H groups in total. The summed E-state index contributed by atoms with van der Waals surface area (Å²) >= 11 is 0. The lowest BCUT2D eigenvalue weighted by Gasteiger charge is -2.16. The molecule has 5 nitrogen and oxygen atoms in total. The van der Waals surface area contributed by atoms with E-state index in [4.69, 9.17) is 0 Å². The van der Waals surface area contributed by atoms with Crippen LogP contribution >= 0.6 is 0 Å². The van der Waals surface area contributed by atoms with Crippen molar-refractivity contribution in [2.24, 2.45) is 4.99 Å². The Kier molecular flexibility index (Phi) is 6.91. The van der Waals surface area contributed by atoms with E-state index in [0.717, 1.165) is 38.4 Å². The Labute approximate surface area is 139 Å². The van der Waals surface area contributed by atoms with Gasteiger partial charge in [-0.25, -0.2) is 4.99 Å². The number of rotatable bonds is 7. The van der Waals surface area contributed by atoms with E-state index in [1.807, 2.05) is 11.0 Å². The number of nitrogens with one attached hydrogen (secondary N) is 2. The van der Waals surface area contributed by atoms with Gasteiger partial charge in [-0.15, -0.1) is 0 Å².